The van der Waals surface area contributed by atoms with E-state index in [9.17, 15) is 0 Å². The number of para-hydroxylation sites is 2. The maximum atomic E-state index is 5.28. The van der Waals surface area contributed by atoms with E-state index in [0.29, 0.717) is 0 Å². The standard InChI is InChI=1S/C50H37N7/c1-2-16-37(17-3-1)56-43-20-10-8-18-38(43)40-28-41-39-19-9-11-21-44(39)57(46(41)29-45(40)56)50-51-30-42(52-50)49-54-47(35-24-22-31-12-4-6-14-33(31)26-35)53-48(55-49)36-25-23-32-13-5-7-15-34(32)27-36/h1-8,10-18,20-30,47,50,52,54H,9,19H2,(H,53,55). The number of allylic oxidation sites excluding steroid dienone is 2. The molecule has 3 N–H and O–H groups in total. The summed E-state index contributed by atoms with van der Waals surface area (Å²) in [5.74, 6) is 1.65. The van der Waals surface area contributed by atoms with Crippen molar-refractivity contribution in [3.63, 3.8) is 0 Å². The predicted molar refractivity (Wildman–Crippen MR) is 235 cm³/mol. The van der Waals surface area contributed by atoms with Gasteiger partial charge in [-0.25, -0.2) is 9.98 Å². The third-order valence-corrected chi connectivity index (χ3v) is 11.8. The molecule has 1 aliphatic carbocycles. The minimum absolute atomic E-state index is 0.314. The molecule has 0 saturated carbocycles. The molecule has 9 aromatic rings. The molecular formula is C50H37N7. The van der Waals surface area contributed by atoms with E-state index in [-0.39, 0.29) is 12.5 Å². The van der Waals surface area contributed by atoms with E-state index < -0.39 is 0 Å². The van der Waals surface area contributed by atoms with Crippen LogP contribution in [0.1, 0.15) is 41.3 Å². The first-order chi connectivity index (χ1) is 28.2. The molecule has 0 bridgehead atoms. The highest BCUT2D eigenvalue weighted by atomic mass is 15.3. The van der Waals surface area contributed by atoms with Crippen LogP contribution in [0.4, 0.5) is 0 Å². The molecule has 57 heavy (non-hydrogen) atoms. The molecule has 2 atom stereocenters. The van der Waals surface area contributed by atoms with Crippen molar-refractivity contribution in [2.45, 2.75) is 25.3 Å². The summed E-state index contributed by atoms with van der Waals surface area (Å²) >= 11 is 0. The summed E-state index contributed by atoms with van der Waals surface area (Å²) in [6, 6.07) is 54.3. The number of nitrogens with zero attached hydrogens (tertiary/aromatic N) is 4. The van der Waals surface area contributed by atoms with Crippen molar-refractivity contribution in [3.8, 4) is 5.69 Å². The molecule has 12 rings (SSSR count). The van der Waals surface area contributed by atoms with Gasteiger partial charge < -0.3 is 25.1 Å². The lowest BCUT2D eigenvalue weighted by molar-refractivity contribution is 0.489. The van der Waals surface area contributed by atoms with Gasteiger partial charge in [0.25, 0.3) is 0 Å². The Morgan fingerprint density at radius 2 is 1.35 bits per heavy atom. The van der Waals surface area contributed by atoms with Crippen molar-refractivity contribution >= 4 is 72.4 Å². The third-order valence-electron chi connectivity index (χ3n) is 11.8. The Hall–Kier alpha value is -7.38. The minimum Gasteiger partial charge on any atom is -0.344 e. The lowest BCUT2D eigenvalue weighted by Crippen LogP contribution is -2.42. The quantitative estimate of drug-likeness (QED) is 0.169. The molecular weight excluding hydrogens is 699 g/mol. The Morgan fingerprint density at radius 3 is 2.21 bits per heavy atom. The number of aromatic nitrogens is 2. The number of nitrogens with one attached hydrogen (secondary N) is 3. The summed E-state index contributed by atoms with van der Waals surface area (Å²) in [5, 5.41) is 19.8. The van der Waals surface area contributed by atoms with E-state index in [1.54, 1.807) is 0 Å². The van der Waals surface area contributed by atoms with Crippen LogP contribution in [-0.2, 0) is 6.42 Å². The lowest BCUT2D eigenvalue weighted by Gasteiger charge is -2.29. The second kappa shape index (κ2) is 12.6. The largest absolute Gasteiger partial charge is 0.344 e. The fourth-order valence-corrected chi connectivity index (χ4v) is 9.12. The normalized spacial score (nSPS) is 18.9. The molecule has 0 spiro atoms. The number of hydrogen-bond acceptors (Lipinski definition) is 5. The Bertz CT molecular complexity index is 3230. The van der Waals surface area contributed by atoms with E-state index >= 15 is 0 Å². The van der Waals surface area contributed by atoms with Crippen LogP contribution in [-0.4, -0.2) is 21.2 Å². The van der Waals surface area contributed by atoms with E-state index in [2.05, 4.69) is 189 Å². The molecule has 2 unspecified atom stereocenters. The van der Waals surface area contributed by atoms with Gasteiger partial charge in [0, 0.05) is 33.1 Å². The summed E-state index contributed by atoms with van der Waals surface area (Å²) in [4.78, 5) is 10.5. The van der Waals surface area contributed by atoms with Crippen LogP contribution in [0.3, 0.4) is 0 Å². The van der Waals surface area contributed by atoms with Crippen molar-refractivity contribution < 1.29 is 0 Å². The zero-order valence-electron chi connectivity index (χ0n) is 31.0. The van der Waals surface area contributed by atoms with Gasteiger partial charge in [0.05, 0.1) is 28.5 Å². The van der Waals surface area contributed by atoms with E-state index in [1.807, 2.05) is 6.21 Å². The van der Waals surface area contributed by atoms with Gasteiger partial charge in [-0.3, -0.25) is 0 Å². The molecule has 2 aliphatic heterocycles. The Labute approximate surface area is 329 Å². The van der Waals surface area contributed by atoms with Crippen molar-refractivity contribution in [2.24, 2.45) is 9.98 Å². The van der Waals surface area contributed by atoms with Crippen LogP contribution >= 0.6 is 0 Å². The summed E-state index contributed by atoms with van der Waals surface area (Å²) in [7, 11) is 0. The molecule has 7 nitrogen and oxygen atoms in total. The molecule has 7 aromatic carbocycles. The van der Waals surface area contributed by atoms with Gasteiger partial charge >= 0.3 is 0 Å². The van der Waals surface area contributed by atoms with Crippen molar-refractivity contribution in [3.05, 3.63) is 192 Å². The van der Waals surface area contributed by atoms with Crippen LogP contribution in [0.5, 0.6) is 0 Å². The maximum absolute atomic E-state index is 5.28. The minimum atomic E-state index is -0.348. The number of benzene rings is 7. The van der Waals surface area contributed by atoms with Crippen LogP contribution < -0.4 is 16.0 Å². The van der Waals surface area contributed by atoms with Gasteiger partial charge in [-0.15, -0.1) is 0 Å². The van der Waals surface area contributed by atoms with E-state index in [0.717, 1.165) is 52.5 Å². The van der Waals surface area contributed by atoms with Crippen LogP contribution in [0.2, 0.25) is 0 Å². The summed E-state index contributed by atoms with van der Waals surface area (Å²) in [6.07, 6.45) is 7.89. The number of rotatable bonds is 4. The first-order valence-electron chi connectivity index (χ1n) is 19.7. The number of aryl methyl sites for hydroxylation is 1. The molecule has 272 valence electrons. The molecule has 0 radical (unpaired) electrons. The second-order valence-electron chi connectivity index (χ2n) is 15.2. The van der Waals surface area contributed by atoms with Crippen LogP contribution in [0.25, 0.3) is 66.0 Å². The van der Waals surface area contributed by atoms with Crippen molar-refractivity contribution in [1.29, 1.82) is 0 Å². The average Bonchev–Trinajstić information content (AvgIpc) is 3.98. The number of hydrogen-bond donors (Lipinski definition) is 3. The average molecular weight is 736 g/mol. The maximum Gasteiger partial charge on any atom is 0.201 e. The highest BCUT2D eigenvalue weighted by molar-refractivity contribution is 6.14. The zero-order chi connectivity index (χ0) is 37.5. The fraction of sp³-hybridized carbons (Fsp3) is 0.0800. The molecule has 3 aliphatic rings. The topological polar surface area (TPSA) is 70.7 Å². The monoisotopic (exact) mass is 735 g/mol. The van der Waals surface area contributed by atoms with Crippen LogP contribution in [0.15, 0.2) is 179 Å². The summed E-state index contributed by atoms with van der Waals surface area (Å²) in [5.41, 5.74) is 10.3. The highest BCUT2D eigenvalue weighted by Gasteiger charge is 2.30. The van der Waals surface area contributed by atoms with Gasteiger partial charge in [0.1, 0.15) is 17.8 Å². The van der Waals surface area contributed by atoms with Gasteiger partial charge in [-0.05, 0) is 94.1 Å². The molecule has 0 saturated heterocycles. The second-order valence-corrected chi connectivity index (χ2v) is 15.2. The number of aliphatic imine (C=N–C) groups is 2. The SMILES string of the molecule is C1=Cc2c(c3cc4c5ccccc5n(-c5ccccc5)c4cc3n2C2N=CC(=C3NC(c4ccc5ccccc5c4)=NC(c4ccc5ccccc5c4)N3)N2)CC1. The lowest BCUT2D eigenvalue weighted by atomic mass is 10.00. The Morgan fingerprint density at radius 1 is 0.596 bits per heavy atom. The Balaban J connectivity index is 0.987. The first-order valence-corrected chi connectivity index (χ1v) is 19.7. The summed E-state index contributed by atoms with van der Waals surface area (Å²) in [6.45, 7) is 0. The molecule has 4 heterocycles. The number of amidine groups is 1. The zero-order valence-corrected chi connectivity index (χ0v) is 31.0. The van der Waals surface area contributed by atoms with Crippen molar-refractivity contribution in [2.75, 3.05) is 0 Å². The fourth-order valence-electron chi connectivity index (χ4n) is 9.12. The van der Waals surface area contributed by atoms with Gasteiger partial charge in [-0.1, -0.05) is 115 Å². The van der Waals surface area contributed by atoms with Gasteiger partial charge in [0.15, 0.2) is 0 Å². The third kappa shape index (κ3) is 5.12. The number of fused-ring (bicyclic) bond motifs is 8. The van der Waals surface area contributed by atoms with Crippen molar-refractivity contribution in [1.82, 2.24) is 25.1 Å². The summed E-state index contributed by atoms with van der Waals surface area (Å²) < 4.78 is 4.78. The van der Waals surface area contributed by atoms with Crippen LogP contribution in [0, 0.1) is 0 Å². The predicted octanol–water partition coefficient (Wildman–Crippen LogP) is 10.6. The van der Waals surface area contributed by atoms with Gasteiger partial charge in [-0.2, -0.15) is 0 Å². The molecule has 7 heteroatoms. The van der Waals surface area contributed by atoms with Gasteiger partial charge in [0.2, 0.25) is 6.29 Å². The highest BCUT2D eigenvalue weighted by Crippen LogP contribution is 2.41. The van der Waals surface area contributed by atoms with E-state index in [4.69, 9.17) is 9.98 Å². The van der Waals surface area contributed by atoms with E-state index in [1.165, 1.54) is 60.0 Å². The molecule has 0 amide bonds. The first kappa shape index (κ1) is 31.9. The molecule has 2 aromatic heterocycles. The smallest absolute Gasteiger partial charge is 0.201 e. The Kier molecular flexibility index (Phi) is 7.04. The molecule has 0 fully saturated rings.